The SMILES string of the molecule is CC(C)c1ccc(F)cc1C(F)(F)F.CC(C)c1cccc(OC(F)(F)F)c1.CC(C)c1ccccc1-c1ccccc1.CC(C)c1ccccc1C(F)(F)F.Cc1cc(OC(F)(F)F)cc(C(C)C)c1.Cc1ccc(-c2ccc(C(F)(F)F)cc2C(F)(F)F)c(C(C)C)c1. The average Bonchev–Trinajstić information content (AvgIpc) is 0.781. The van der Waals surface area contributed by atoms with Crippen LogP contribution in [0.1, 0.15) is 185 Å². The van der Waals surface area contributed by atoms with E-state index in [9.17, 15) is 83.4 Å². The van der Waals surface area contributed by atoms with E-state index < -0.39 is 65.5 Å². The van der Waals surface area contributed by atoms with Crippen molar-refractivity contribution in [1.82, 2.24) is 0 Å². The molecule has 2 nitrogen and oxygen atoms in total. The minimum atomic E-state index is -4.88. The summed E-state index contributed by atoms with van der Waals surface area (Å²) >= 11 is 0. The third kappa shape index (κ3) is 27.4. The lowest BCUT2D eigenvalue weighted by Crippen LogP contribution is -2.17. The van der Waals surface area contributed by atoms with Gasteiger partial charge < -0.3 is 9.47 Å². The van der Waals surface area contributed by atoms with Gasteiger partial charge in [-0.2, -0.15) is 52.7 Å². The number of rotatable bonds is 10. The summed E-state index contributed by atoms with van der Waals surface area (Å²) in [6, 6.07) is 45.0. The molecular formula is C74H77F19O2. The van der Waals surface area contributed by atoms with Crippen molar-refractivity contribution in [3.05, 3.63) is 249 Å². The van der Waals surface area contributed by atoms with Crippen molar-refractivity contribution in [1.29, 1.82) is 0 Å². The highest BCUT2D eigenvalue weighted by Gasteiger charge is 2.40. The standard InChI is InChI=1S/C18H16F6.C15H16.C11H13F3O.C10H10F4.C10H11F3O.C10H11F3/c1-10(2)15-8-11(3)4-6-13(15)14-7-5-12(17(19,20)21)9-16(14)18(22,23)24;1-12(2)14-10-6-7-11-15(14)13-8-4-3-5-9-13;1-7(2)9-4-8(3)5-10(6-9)15-11(12,13)14;1-6(2)8-4-3-7(11)5-9(8)10(12,13)14;1-7(2)8-4-3-5-9(6-8)14-10(11,12)13;1-7(2)8-5-3-4-6-9(8)10(11,12)13/h4-10H,1-3H3;3-12H,1-2H3;4-7H,1-3H3;3-6H,1-2H3;3-7H,1-2H3;3-7H,1-2H3. The quantitative estimate of drug-likeness (QED) is 0.127. The maximum atomic E-state index is 13.3. The molecule has 0 fully saturated rings. The Morgan fingerprint density at radius 1 is 0.284 bits per heavy atom. The van der Waals surface area contributed by atoms with Gasteiger partial charge in [-0.3, -0.25) is 0 Å². The summed E-state index contributed by atoms with van der Waals surface area (Å²) in [6.07, 6.45) is -27.7. The fourth-order valence-electron chi connectivity index (χ4n) is 9.39. The van der Waals surface area contributed by atoms with Gasteiger partial charge in [0.25, 0.3) is 0 Å². The van der Waals surface area contributed by atoms with Crippen molar-refractivity contribution in [2.45, 2.75) is 170 Å². The van der Waals surface area contributed by atoms with Crippen molar-refractivity contribution < 1.29 is 92.9 Å². The summed E-state index contributed by atoms with van der Waals surface area (Å²) < 4.78 is 245. The van der Waals surface area contributed by atoms with Crippen molar-refractivity contribution in [3.63, 3.8) is 0 Å². The van der Waals surface area contributed by atoms with Gasteiger partial charge in [0, 0.05) is 0 Å². The zero-order valence-corrected chi connectivity index (χ0v) is 54.7. The van der Waals surface area contributed by atoms with Crippen LogP contribution in [-0.4, -0.2) is 12.7 Å². The van der Waals surface area contributed by atoms with Gasteiger partial charge in [-0.15, -0.1) is 26.3 Å². The average molecular weight is 1360 g/mol. The molecular weight excluding hydrogens is 1280 g/mol. The molecule has 21 heteroatoms. The molecule has 0 saturated carbocycles. The Bertz CT molecular complexity index is 3640. The Hall–Kier alpha value is -7.97. The van der Waals surface area contributed by atoms with E-state index in [4.69, 9.17) is 0 Å². The van der Waals surface area contributed by atoms with Gasteiger partial charge in [0.2, 0.25) is 0 Å². The number of alkyl halides is 18. The van der Waals surface area contributed by atoms with Gasteiger partial charge in [0.15, 0.2) is 0 Å². The second-order valence-corrected chi connectivity index (χ2v) is 23.8. The Kier molecular flexibility index (Phi) is 29.6. The van der Waals surface area contributed by atoms with Crippen LogP contribution in [0.3, 0.4) is 0 Å². The predicted molar refractivity (Wildman–Crippen MR) is 337 cm³/mol. The first-order valence-electron chi connectivity index (χ1n) is 29.9. The normalized spacial score (nSPS) is 12.0. The summed E-state index contributed by atoms with van der Waals surface area (Å²) in [5.41, 5.74) is 4.62. The molecule has 0 radical (unpaired) electrons. The van der Waals surface area contributed by atoms with Crippen LogP contribution in [0.25, 0.3) is 22.3 Å². The Morgan fingerprint density at radius 3 is 1.23 bits per heavy atom. The van der Waals surface area contributed by atoms with Crippen molar-refractivity contribution in [2.75, 3.05) is 0 Å². The van der Waals surface area contributed by atoms with E-state index in [-0.39, 0.29) is 58.3 Å². The number of halogens is 19. The number of benzene rings is 8. The summed E-state index contributed by atoms with van der Waals surface area (Å²) in [6.45, 7) is 26.1. The van der Waals surface area contributed by atoms with Crippen LogP contribution in [-0.2, 0) is 24.7 Å². The zero-order valence-electron chi connectivity index (χ0n) is 54.7. The van der Waals surface area contributed by atoms with E-state index >= 15 is 0 Å². The molecule has 0 atom stereocenters. The van der Waals surface area contributed by atoms with E-state index in [1.807, 2.05) is 54.5 Å². The Morgan fingerprint density at radius 2 is 0.747 bits per heavy atom. The van der Waals surface area contributed by atoms with Gasteiger partial charge >= 0.3 is 37.4 Å². The highest BCUT2D eigenvalue weighted by Crippen LogP contribution is 2.44. The van der Waals surface area contributed by atoms with Crippen LogP contribution >= 0.6 is 0 Å². The van der Waals surface area contributed by atoms with E-state index in [1.165, 1.54) is 65.2 Å². The predicted octanol–water partition coefficient (Wildman–Crippen LogP) is 26.8. The monoisotopic (exact) mass is 1360 g/mol. The van der Waals surface area contributed by atoms with E-state index in [1.54, 1.807) is 65.0 Å². The molecule has 0 amide bonds. The highest BCUT2D eigenvalue weighted by atomic mass is 19.4. The van der Waals surface area contributed by atoms with E-state index in [0.717, 1.165) is 40.5 Å². The zero-order chi connectivity index (χ0) is 72.4. The first-order valence-corrected chi connectivity index (χ1v) is 29.9. The van der Waals surface area contributed by atoms with Gasteiger partial charge in [-0.1, -0.05) is 210 Å². The second kappa shape index (κ2) is 34.6. The van der Waals surface area contributed by atoms with Crippen LogP contribution in [0.4, 0.5) is 83.4 Å². The fourth-order valence-corrected chi connectivity index (χ4v) is 9.39. The van der Waals surface area contributed by atoms with Crippen molar-refractivity contribution in [2.24, 2.45) is 0 Å². The molecule has 0 N–H and O–H groups in total. The molecule has 0 aliphatic carbocycles. The summed E-state index contributed by atoms with van der Waals surface area (Å²) in [5, 5.41) is 0. The molecule has 0 bridgehead atoms. The van der Waals surface area contributed by atoms with E-state index in [2.05, 4.69) is 77.9 Å². The third-order valence-electron chi connectivity index (χ3n) is 14.0. The van der Waals surface area contributed by atoms with Crippen LogP contribution < -0.4 is 9.47 Å². The molecule has 0 aliphatic heterocycles. The molecule has 0 unspecified atom stereocenters. The Balaban J connectivity index is 0.000000302. The number of hydrogen-bond donors (Lipinski definition) is 0. The topological polar surface area (TPSA) is 18.5 Å². The van der Waals surface area contributed by atoms with Gasteiger partial charge in [0.1, 0.15) is 17.3 Å². The van der Waals surface area contributed by atoms with Crippen LogP contribution in [0.5, 0.6) is 11.5 Å². The molecule has 0 aliphatic rings. The fraction of sp³-hybridized carbons (Fsp3) is 0.351. The lowest BCUT2D eigenvalue weighted by molar-refractivity contribution is -0.275. The molecule has 8 rings (SSSR count). The number of aryl methyl sites for hydroxylation is 2. The minimum Gasteiger partial charge on any atom is -0.406 e. The van der Waals surface area contributed by atoms with Crippen LogP contribution in [0.15, 0.2) is 176 Å². The summed E-state index contributed by atoms with van der Waals surface area (Å²) in [7, 11) is 0. The smallest absolute Gasteiger partial charge is 0.406 e. The molecule has 0 heterocycles. The van der Waals surface area contributed by atoms with Crippen LogP contribution in [0.2, 0.25) is 0 Å². The molecule has 0 saturated heterocycles. The van der Waals surface area contributed by atoms with Gasteiger partial charge in [0.05, 0.1) is 22.3 Å². The largest absolute Gasteiger partial charge is 0.573 e. The van der Waals surface area contributed by atoms with Crippen LogP contribution in [0, 0.1) is 19.7 Å². The molecule has 0 spiro atoms. The molecule has 95 heavy (non-hydrogen) atoms. The van der Waals surface area contributed by atoms with Gasteiger partial charge in [-0.05, 0) is 165 Å². The van der Waals surface area contributed by atoms with Crippen molar-refractivity contribution in [3.8, 4) is 33.8 Å². The van der Waals surface area contributed by atoms with Crippen molar-refractivity contribution >= 4 is 0 Å². The lowest BCUT2D eigenvalue weighted by atomic mass is 9.88. The third-order valence-corrected chi connectivity index (χ3v) is 14.0. The highest BCUT2D eigenvalue weighted by molar-refractivity contribution is 5.73. The minimum absolute atomic E-state index is 0.0664. The molecule has 8 aromatic carbocycles. The van der Waals surface area contributed by atoms with E-state index in [0.29, 0.717) is 34.7 Å². The first kappa shape index (κ1) is 81.3. The lowest BCUT2D eigenvalue weighted by Gasteiger charge is -2.20. The first-order chi connectivity index (χ1) is 43.6. The molecule has 0 aromatic heterocycles. The molecule has 8 aromatic rings. The summed E-state index contributed by atoms with van der Waals surface area (Å²) in [4.78, 5) is 0. The van der Waals surface area contributed by atoms with Gasteiger partial charge in [-0.25, -0.2) is 4.39 Å². The Labute approximate surface area is 543 Å². The maximum Gasteiger partial charge on any atom is 0.573 e. The molecule has 518 valence electrons. The second-order valence-electron chi connectivity index (χ2n) is 23.8. The number of ether oxygens (including phenoxy) is 2. The maximum absolute atomic E-state index is 13.3. The summed E-state index contributed by atoms with van der Waals surface area (Å²) in [5.74, 6) is -0.668. The number of hydrogen-bond acceptors (Lipinski definition) is 2.